The zero-order chi connectivity index (χ0) is 35.5. The quantitative estimate of drug-likeness (QED) is 0.0895. The molecule has 0 fully saturated rings. The van der Waals surface area contributed by atoms with E-state index in [4.69, 9.17) is 4.98 Å². The molecule has 0 atom stereocenters. The van der Waals surface area contributed by atoms with Gasteiger partial charge in [-0.2, -0.15) is 0 Å². The summed E-state index contributed by atoms with van der Waals surface area (Å²) in [6.45, 7) is 12.1. The number of fused-ring (bicyclic) bond motifs is 6. The molecule has 265 valence electrons. The molecule has 0 saturated heterocycles. The van der Waals surface area contributed by atoms with Crippen molar-refractivity contribution in [3.05, 3.63) is 126 Å². The summed E-state index contributed by atoms with van der Waals surface area (Å²) in [7, 11) is 0. The van der Waals surface area contributed by atoms with Gasteiger partial charge in [-0.1, -0.05) is 131 Å². The third-order valence-corrected chi connectivity index (χ3v) is 12.5. The average molecular weight is 871 g/mol. The number of carbonyl (C=O) groups is 1. The van der Waals surface area contributed by atoms with Gasteiger partial charge in [-0.3, -0.25) is 9.78 Å². The number of aryl methyl sites for hydroxylation is 2. The molecule has 1 aliphatic rings. The molecule has 1 N–H and O–H groups in total. The average Bonchev–Trinajstić information content (AvgIpc) is 3.57. The minimum absolute atomic E-state index is 0. The number of nitrogens with zero attached hydrogens (tertiary/aromatic N) is 1. The molecule has 2 heterocycles. The Hall–Kier alpha value is -3.89. The van der Waals surface area contributed by atoms with Gasteiger partial charge in [0, 0.05) is 58.5 Å². The predicted octanol–water partition coefficient (Wildman–Crippen LogP) is 13.0. The van der Waals surface area contributed by atoms with Crippen LogP contribution in [0.2, 0.25) is 0 Å². The van der Waals surface area contributed by atoms with Crippen molar-refractivity contribution in [2.75, 3.05) is 0 Å². The van der Waals surface area contributed by atoms with E-state index >= 15 is 0 Å². The smallest absolute Gasteiger partial charge is 0.164 e. The van der Waals surface area contributed by atoms with E-state index in [1.165, 1.54) is 54.2 Å². The van der Waals surface area contributed by atoms with E-state index in [2.05, 4.69) is 97.1 Å². The first-order valence-corrected chi connectivity index (χ1v) is 18.9. The van der Waals surface area contributed by atoms with Gasteiger partial charge in [-0.25, -0.2) is 0 Å². The van der Waals surface area contributed by atoms with E-state index in [0.29, 0.717) is 0 Å². The molecule has 2 aromatic heterocycles. The van der Waals surface area contributed by atoms with Crippen molar-refractivity contribution in [2.45, 2.75) is 80.1 Å². The van der Waals surface area contributed by atoms with Crippen LogP contribution in [0.4, 0.5) is 0 Å². The van der Waals surface area contributed by atoms with Gasteiger partial charge in [0.05, 0.1) is 0 Å². The molecule has 51 heavy (non-hydrogen) atoms. The fourth-order valence-corrected chi connectivity index (χ4v) is 8.10. The van der Waals surface area contributed by atoms with E-state index in [9.17, 15) is 9.90 Å². The number of rotatable bonds is 9. The summed E-state index contributed by atoms with van der Waals surface area (Å²) in [5, 5.41) is 13.7. The number of ketones is 1. The summed E-state index contributed by atoms with van der Waals surface area (Å²) in [4.78, 5) is 18.6. The minimum atomic E-state index is -0.337. The molecule has 6 aromatic rings. The van der Waals surface area contributed by atoms with Crippen molar-refractivity contribution in [1.82, 2.24) is 4.98 Å². The van der Waals surface area contributed by atoms with Crippen LogP contribution < -0.4 is 0 Å². The molecule has 0 amide bonds. The van der Waals surface area contributed by atoms with Gasteiger partial charge in [-0.05, 0) is 72.2 Å². The maximum absolute atomic E-state index is 12.2. The number of allylic oxidation sites excluding steroid dienone is 2. The number of aromatic nitrogens is 1. The molecule has 0 unspecified atom stereocenters. The molecule has 3 nitrogen and oxygen atoms in total. The number of pyridine rings is 1. The van der Waals surface area contributed by atoms with E-state index < -0.39 is 0 Å². The van der Waals surface area contributed by atoms with Crippen molar-refractivity contribution in [3.8, 4) is 33.5 Å². The van der Waals surface area contributed by atoms with Gasteiger partial charge < -0.3 is 5.11 Å². The second kappa shape index (κ2) is 16.2. The first-order chi connectivity index (χ1) is 24.2. The topological polar surface area (TPSA) is 50.2 Å². The van der Waals surface area contributed by atoms with E-state index in [-0.39, 0.29) is 42.5 Å². The molecule has 1 aliphatic carbocycles. The van der Waals surface area contributed by atoms with Crippen molar-refractivity contribution in [3.63, 3.8) is 0 Å². The fraction of sp³-hybridized carbons (Fsp3) is 0.304. The van der Waals surface area contributed by atoms with Gasteiger partial charge in [0.1, 0.15) is 5.76 Å². The molecule has 7 rings (SSSR count). The SMILES string of the molecule is CCC(C)(CC)C(=O)/C=C(\O)C(C)(CC)CC.[Ir].[c-]1c(-c2nccc3sc4c(c23)-c2ccccc2CC4)cc(-c2ccccc2)c2ccccc12. The first kappa shape index (κ1) is 38.3. The molecular weight excluding hydrogens is 823 g/mol. The zero-order valence-corrected chi connectivity index (χ0v) is 33.8. The maximum atomic E-state index is 12.2. The van der Waals surface area contributed by atoms with Crippen LogP contribution in [-0.2, 0) is 37.7 Å². The van der Waals surface area contributed by atoms with E-state index in [1.54, 1.807) is 0 Å². The molecule has 0 spiro atoms. The molecule has 5 heteroatoms. The Morgan fingerprint density at radius 1 is 0.824 bits per heavy atom. The standard InChI is InChI=1S/C31H20NS.C15H28O2.Ir/c1-2-8-20(9-3-1)26-19-23(18-22-11-5-6-12-24(22)26)31-30-28(16-17-32-31)33-27-15-14-21-10-4-7-13-25(21)29(27)30;1-7-14(5,8-2)12(16)11-13(17)15(6,9-3)10-4;/h1-13,16-17,19H,14-15H2;11,16H,7-10H2,1-6H3;/q-1;;/b;12-11-;. The monoisotopic (exact) mass is 871 g/mol. The Bertz CT molecular complexity index is 2170. The largest absolute Gasteiger partial charge is 0.512 e. The van der Waals surface area contributed by atoms with Gasteiger partial charge >= 0.3 is 0 Å². The van der Waals surface area contributed by atoms with Crippen LogP contribution in [0.15, 0.2) is 109 Å². The molecule has 0 bridgehead atoms. The molecule has 1 radical (unpaired) electrons. The van der Waals surface area contributed by atoms with Gasteiger partial charge in [0.25, 0.3) is 0 Å². The van der Waals surface area contributed by atoms with Crippen LogP contribution in [0.3, 0.4) is 0 Å². The third kappa shape index (κ3) is 7.54. The fourth-order valence-electron chi connectivity index (χ4n) is 6.89. The van der Waals surface area contributed by atoms with Crippen LogP contribution in [0, 0.1) is 16.9 Å². The van der Waals surface area contributed by atoms with Crippen molar-refractivity contribution < 1.29 is 30.0 Å². The second-order valence-corrected chi connectivity index (χ2v) is 15.2. The third-order valence-electron chi connectivity index (χ3n) is 11.3. The number of hydrogen-bond donors (Lipinski definition) is 1. The second-order valence-electron chi connectivity index (χ2n) is 14.0. The number of aliphatic hydroxyl groups is 1. The number of thiophene rings is 1. The predicted molar refractivity (Wildman–Crippen MR) is 213 cm³/mol. The zero-order valence-electron chi connectivity index (χ0n) is 30.6. The summed E-state index contributed by atoms with van der Waals surface area (Å²) in [5.41, 5.74) is 8.11. The summed E-state index contributed by atoms with van der Waals surface area (Å²) in [6, 6.07) is 36.2. The number of benzene rings is 4. The Kier molecular flexibility index (Phi) is 12.2. The van der Waals surface area contributed by atoms with Gasteiger partial charge in [0.15, 0.2) is 5.78 Å². The van der Waals surface area contributed by atoms with Crippen LogP contribution in [-0.4, -0.2) is 15.9 Å². The Morgan fingerprint density at radius 2 is 1.47 bits per heavy atom. The van der Waals surface area contributed by atoms with Crippen molar-refractivity contribution in [2.24, 2.45) is 10.8 Å². The maximum Gasteiger partial charge on any atom is 0.164 e. The molecule has 4 aromatic carbocycles. The van der Waals surface area contributed by atoms with Gasteiger partial charge in [-0.15, -0.1) is 34.9 Å². The number of hydrogen-bond acceptors (Lipinski definition) is 4. The van der Waals surface area contributed by atoms with E-state index in [1.807, 2.05) is 59.1 Å². The van der Waals surface area contributed by atoms with Crippen LogP contribution in [0.25, 0.3) is 54.4 Å². The van der Waals surface area contributed by atoms with Crippen molar-refractivity contribution >= 4 is 38.0 Å². The first-order valence-electron chi connectivity index (χ1n) is 18.1. The Balaban J connectivity index is 0.000000242. The summed E-state index contributed by atoms with van der Waals surface area (Å²) < 4.78 is 1.31. The normalized spacial score (nSPS) is 12.8. The summed E-state index contributed by atoms with van der Waals surface area (Å²) in [5.74, 6) is 0.286. The molecule has 0 saturated carbocycles. The van der Waals surface area contributed by atoms with Crippen LogP contribution in [0.5, 0.6) is 0 Å². The van der Waals surface area contributed by atoms with Crippen molar-refractivity contribution in [1.29, 1.82) is 0 Å². The molecule has 0 aliphatic heterocycles. The number of carbonyl (C=O) groups excluding carboxylic acids is 1. The van der Waals surface area contributed by atoms with Crippen LogP contribution in [0.1, 0.15) is 77.7 Å². The summed E-state index contributed by atoms with van der Waals surface area (Å²) in [6.07, 6.45) is 8.92. The molecular formula is C46H48IrNO2S-. The Labute approximate surface area is 321 Å². The van der Waals surface area contributed by atoms with Gasteiger partial charge in [0.2, 0.25) is 0 Å². The summed E-state index contributed by atoms with van der Waals surface area (Å²) >= 11 is 1.92. The minimum Gasteiger partial charge on any atom is -0.512 e. The Morgan fingerprint density at radius 3 is 2.18 bits per heavy atom. The van der Waals surface area contributed by atoms with E-state index in [0.717, 1.165) is 55.2 Å². The van der Waals surface area contributed by atoms with Crippen LogP contribution >= 0.6 is 11.3 Å². The number of aliphatic hydroxyl groups excluding tert-OH is 1.